The van der Waals surface area contributed by atoms with E-state index in [9.17, 15) is 0 Å². The first kappa shape index (κ1) is 25.1. The van der Waals surface area contributed by atoms with Gasteiger partial charge in [0.05, 0.1) is 33.7 Å². The summed E-state index contributed by atoms with van der Waals surface area (Å²) in [6.07, 6.45) is 3.65. The molecule has 3 nitrogen and oxygen atoms in total. The largest absolute Gasteiger partial charge is 0.305 e. The second kappa shape index (κ2) is 8.87. The molecule has 2 aromatic heterocycles. The van der Waals surface area contributed by atoms with Gasteiger partial charge >= 0.3 is 0 Å². The zero-order valence-electron chi connectivity index (χ0n) is 24.9. The molecule has 0 bridgehead atoms. The van der Waals surface area contributed by atoms with Gasteiger partial charge in [0.25, 0.3) is 0 Å². The van der Waals surface area contributed by atoms with Crippen LogP contribution in [0.25, 0.3) is 64.5 Å². The number of fused-ring (bicyclic) bond motifs is 9. The van der Waals surface area contributed by atoms with Crippen LogP contribution in [0.3, 0.4) is 0 Å². The predicted octanol–water partition coefficient (Wildman–Crippen LogP) is 11.4. The Morgan fingerprint density at radius 3 is 2.33 bits per heavy atom. The van der Waals surface area contributed by atoms with Gasteiger partial charge in [0.15, 0.2) is 0 Å². The van der Waals surface area contributed by atoms with E-state index in [0.29, 0.717) is 0 Å². The van der Waals surface area contributed by atoms with Crippen LogP contribution in [0.4, 0.5) is 17.1 Å². The molecule has 0 fully saturated rings. The van der Waals surface area contributed by atoms with Crippen LogP contribution in [0, 0.1) is 0 Å². The number of thiophene rings is 1. The van der Waals surface area contributed by atoms with E-state index in [1.807, 2.05) is 17.5 Å². The number of rotatable bonds is 2. The Bertz CT molecular complexity index is 2530. The topological polar surface area (TPSA) is 29.0 Å². The van der Waals surface area contributed by atoms with Crippen molar-refractivity contribution in [3.8, 4) is 33.5 Å². The summed E-state index contributed by atoms with van der Waals surface area (Å²) in [5, 5.41) is 5.03. The van der Waals surface area contributed by atoms with Gasteiger partial charge in [-0.25, -0.2) is 9.97 Å². The number of benzene rings is 6. The Morgan fingerprint density at radius 2 is 1.42 bits per heavy atom. The highest BCUT2D eigenvalue weighted by Crippen LogP contribution is 2.57. The second-order valence-electron chi connectivity index (χ2n) is 12.6. The molecule has 3 heterocycles. The molecule has 10 rings (SSSR count). The zero-order chi connectivity index (χ0) is 29.9. The van der Waals surface area contributed by atoms with Crippen molar-refractivity contribution in [2.24, 2.45) is 0 Å². The van der Waals surface area contributed by atoms with Gasteiger partial charge in [0, 0.05) is 37.4 Å². The molecule has 8 aromatic rings. The first-order valence-corrected chi connectivity index (χ1v) is 16.2. The van der Waals surface area contributed by atoms with Crippen LogP contribution in [0.2, 0.25) is 0 Å². The minimum Gasteiger partial charge on any atom is -0.305 e. The molecule has 1 aliphatic carbocycles. The van der Waals surface area contributed by atoms with Crippen LogP contribution in [0.5, 0.6) is 0 Å². The van der Waals surface area contributed by atoms with Gasteiger partial charge in [-0.3, -0.25) is 0 Å². The molecule has 0 spiro atoms. The lowest BCUT2D eigenvalue weighted by atomic mass is 9.82. The summed E-state index contributed by atoms with van der Waals surface area (Å²) < 4.78 is 2.64. The van der Waals surface area contributed by atoms with Crippen molar-refractivity contribution in [2.45, 2.75) is 19.3 Å². The lowest BCUT2D eigenvalue weighted by Crippen LogP contribution is -2.16. The maximum Gasteiger partial charge on any atom is 0.116 e. The Balaban J connectivity index is 1.26. The summed E-state index contributed by atoms with van der Waals surface area (Å²) in [7, 11) is 0. The van der Waals surface area contributed by atoms with Crippen LogP contribution < -0.4 is 4.90 Å². The number of hydrogen-bond acceptors (Lipinski definition) is 4. The molecule has 0 unspecified atom stereocenters. The smallest absolute Gasteiger partial charge is 0.116 e. The van der Waals surface area contributed by atoms with Gasteiger partial charge in [-0.1, -0.05) is 105 Å². The fraction of sp³-hybridized carbons (Fsp3) is 0.0732. The van der Waals surface area contributed by atoms with E-state index >= 15 is 0 Å². The summed E-state index contributed by atoms with van der Waals surface area (Å²) in [4.78, 5) is 11.9. The number of hydrogen-bond donors (Lipinski definition) is 0. The van der Waals surface area contributed by atoms with Gasteiger partial charge in [-0.05, 0) is 57.5 Å². The summed E-state index contributed by atoms with van der Waals surface area (Å²) >= 11 is 1.91. The van der Waals surface area contributed by atoms with Gasteiger partial charge in [0.1, 0.15) is 6.33 Å². The summed E-state index contributed by atoms with van der Waals surface area (Å²) in [5.41, 5.74) is 13.4. The molecule has 0 radical (unpaired) electrons. The predicted molar refractivity (Wildman–Crippen MR) is 189 cm³/mol. The number of nitrogens with zero attached hydrogens (tertiary/aromatic N) is 3. The molecule has 0 saturated heterocycles. The van der Waals surface area contributed by atoms with Gasteiger partial charge in [0.2, 0.25) is 0 Å². The molecule has 0 amide bonds. The fourth-order valence-corrected chi connectivity index (χ4v) is 9.23. The second-order valence-corrected chi connectivity index (χ2v) is 13.7. The van der Waals surface area contributed by atoms with E-state index < -0.39 is 0 Å². The Kier molecular flexibility index (Phi) is 4.94. The zero-order valence-corrected chi connectivity index (χ0v) is 25.7. The minimum absolute atomic E-state index is 0.0276. The van der Waals surface area contributed by atoms with Crippen molar-refractivity contribution in [1.29, 1.82) is 0 Å². The molecule has 2 aliphatic rings. The minimum atomic E-state index is -0.0276. The summed E-state index contributed by atoms with van der Waals surface area (Å²) in [5.74, 6) is 0. The Morgan fingerprint density at radius 1 is 0.622 bits per heavy atom. The molecule has 1 aliphatic heterocycles. The molecule has 0 saturated carbocycles. The van der Waals surface area contributed by atoms with Crippen LogP contribution in [-0.2, 0) is 5.41 Å². The Labute approximate surface area is 265 Å². The first-order valence-electron chi connectivity index (χ1n) is 15.4. The van der Waals surface area contributed by atoms with Crippen LogP contribution >= 0.6 is 11.3 Å². The molecule has 45 heavy (non-hydrogen) atoms. The van der Waals surface area contributed by atoms with Gasteiger partial charge < -0.3 is 4.90 Å². The van der Waals surface area contributed by atoms with Crippen molar-refractivity contribution in [3.05, 3.63) is 139 Å². The first-order chi connectivity index (χ1) is 22.1. The van der Waals surface area contributed by atoms with E-state index in [2.05, 4.69) is 139 Å². The Hall–Kier alpha value is -5.32. The molecule has 212 valence electrons. The fourth-order valence-electron chi connectivity index (χ4n) is 7.86. The number of aromatic nitrogens is 2. The molecule has 4 heteroatoms. The average molecular weight is 594 g/mol. The van der Waals surface area contributed by atoms with Crippen LogP contribution in [0.1, 0.15) is 25.0 Å². The van der Waals surface area contributed by atoms with Crippen molar-refractivity contribution in [2.75, 3.05) is 4.90 Å². The summed E-state index contributed by atoms with van der Waals surface area (Å²) in [6.45, 7) is 4.71. The third-order valence-corrected chi connectivity index (χ3v) is 11.2. The molecule has 6 aromatic carbocycles. The highest BCUT2D eigenvalue weighted by atomic mass is 32.1. The molecule has 0 atom stereocenters. The average Bonchev–Trinajstić information content (AvgIpc) is 3.58. The number of anilines is 3. The SMILES string of the molecule is CC1(C)c2ccccc2-c2c1ccc1c2sc2c(N3c4cncnc4-c4cc(-c5ccccc5)cc5cccc3c45)cccc21. The van der Waals surface area contributed by atoms with E-state index in [1.165, 1.54) is 64.3 Å². The van der Waals surface area contributed by atoms with Crippen molar-refractivity contribution < 1.29 is 0 Å². The highest BCUT2D eigenvalue weighted by molar-refractivity contribution is 7.27. The normalized spacial score (nSPS) is 14.1. The van der Waals surface area contributed by atoms with Crippen LogP contribution in [0.15, 0.2) is 128 Å². The van der Waals surface area contributed by atoms with E-state index in [0.717, 1.165) is 28.3 Å². The van der Waals surface area contributed by atoms with Crippen molar-refractivity contribution in [1.82, 2.24) is 9.97 Å². The summed E-state index contributed by atoms with van der Waals surface area (Å²) in [6, 6.07) is 42.2. The van der Waals surface area contributed by atoms with E-state index in [1.54, 1.807) is 6.33 Å². The molecular weight excluding hydrogens is 567 g/mol. The van der Waals surface area contributed by atoms with Gasteiger partial charge in [-0.15, -0.1) is 11.3 Å². The van der Waals surface area contributed by atoms with Crippen molar-refractivity contribution >= 4 is 59.3 Å². The lowest BCUT2D eigenvalue weighted by Gasteiger charge is -2.33. The van der Waals surface area contributed by atoms with E-state index in [-0.39, 0.29) is 5.41 Å². The monoisotopic (exact) mass is 593 g/mol. The highest BCUT2D eigenvalue weighted by Gasteiger charge is 2.37. The third-order valence-electron chi connectivity index (χ3n) is 9.92. The van der Waals surface area contributed by atoms with Gasteiger partial charge in [-0.2, -0.15) is 0 Å². The van der Waals surface area contributed by atoms with Crippen molar-refractivity contribution in [3.63, 3.8) is 0 Å². The quantitative estimate of drug-likeness (QED) is 0.200. The maximum absolute atomic E-state index is 4.92. The molecule has 0 N–H and O–H groups in total. The maximum atomic E-state index is 4.92. The molecular formula is C41H27N3S. The van der Waals surface area contributed by atoms with Crippen LogP contribution in [-0.4, -0.2) is 9.97 Å². The third kappa shape index (κ3) is 3.29. The lowest BCUT2D eigenvalue weighted by molar-refractivity contribution is 0.661. The van der Waals surface area contributed by atoms with E-state index in [4.69, 9.17) is 4.98 Å². The standard InChI is InChI=1S/C41H27N3S/c1-41(2)31-15-7-6-13-29(31)37-32(41)19-18-28-27-14-9-17-34(39(27)45-40(28)37)44-33-16-8-12-25-20-26(24-10-4-3-5-11-24)21-30(36(25)33)38-35(44)22-42-23-43-38/h3-23H,1-2H3.